The van der Waals surface area contributed by atoms with Crippen molar-refractivity contribution in [2.24, 2.45) is 13.0 Å². The summed E-state index contributed by atoms with van der Waals surface area (Å²) in [6.45, 7) is 2.17. The number of carbonyl (C=O) groups excluding carboxylic acids is 1. The Bertz CT molecular complexity index is 1090. The van der Waals surface area contributed by atoms with Crippen LogP contribution in [0.1, 0.15) is 43.0 Å². The average molecular weight is 402 g/mol. The van der Waals surface area contributed by atoms with E-state index in [2.05, 4.69) is 17.3 Å². The lowest BCUT2D eigenvalue weighted by Crippen LogP contribution is -2.44. The van der Waals surface area contributed by atoms with Gasteiger partial charge in [0.2, 0.25) is 0 Å². The van der Waals surface area contributed by atoms with E-state index in [1.807, 2.05) is 60.7 Å². The molecule has 0 saturated heterocycles. The number of amides is 1. The maximum atomic E-state index is 13.5. The Morgan fingerprint density at radius 3 is 2.20 bits per heavy atom. The molecule has 1 amide bonds. The Morgan fingerprint density at radius 2 is 1.57 bits per heavy atom. The molecular weight excluding hydrogens is 374 g/mol. The summed E-state index contributed by atoms with van der Waals surface area (Å²) < 4.78 is 1.27. The zero-order valence-corrected chi connectivity index (χ0v) is 17.5. The lowest BCUT2D eigenvalue weighted by atomic mass is 9.85. The van der Waals surface area contributed by atoms with Crippen molar-refractivity contribution in [3.05, 3.63) is 76.6 Å². The van der Waals surface area contributed by atoms with Gasteiger partial charge in [-0.3, -0.25) is 9.59 Å². The number of nitrogens with one attached hydrogen (secondary N) is 1. The van der Waals surface area contributed by atoms with Gasteiger partial charge in [-0.1, -0.05) is 80.4 Å². The number of benzene rings is 2. The second-order valence-electron chi connectivity index (χ2n) is 8.10. The molecule has 2 atom stereocenters. The average Bonchev–Trinajstić information content (AvgIpc) is 2.78. The summed E-state index contributed by atoms with van der Waals surface area (Å²) in [4.78, 5) is 26.6. The molecule has 1 saturated carbocycles. The topological polar surface area (TPSA) is 64.0 Å². The molecular formula is C25H27N3O2. The van der Waals surface area contributed by atoms with Crippen LogP contribution in [0.15, 0.2) is 65.5 Å². The van der Waals surface area contributed by atoms with Gasteiger partial charge in [-0.05, 0) is 24.3 Å². The van der Waals surface area contributed by atoms with Gasteiger partial charge < -0.3 is 5.32 Å². The van der Waals surface area contributed by atoms with Crippen LogP contribution in [0.3, 0.4) is 0 Å². The third-order valence-corrected chi connectivity index (χ3v) is 6.01. The Labute approximate surface area is 176 Å². The third-order valence-electron chi connectivity index (χ3n) is 6.01. The minimum Gasteiger partial charge on any atom is -0.349 e. The monoisotopic (exact) mass is 401 g/mol. The van der Waals surface area contributed by atoms with E-state index in [1.165, 1.54) is 11.1 Å². The Kier molecular flexibility index (Phi) is 5.79. The Balaban J connectivity index is 1.89. The van der Waals surface area contributed by atoms with Crippen LogP contribution in [0.2, 0.25) is 0 Å². The van der Waals surface area contributed by atoms with E-state index in [-0.39, 0.29) is 23.1 Å². The summed E-state index contributed by atoms with van der Waals surface area (Å²) in [5.41, 5.74) is 2.68. The van der Waals surface area contributed by atoms with Crippen LogP contribution in [0, 0.1) is 5.92 Å². The largest absolute Gasteiger partial charge is 0.349 e. The van der Waals surface area contributed by atoms with Gasteiger partial charge in [0.25, 0.3) is 11.5 Å². The first-order chi connectivity index (χ1) is 14.6. The van der Waals surface area contributed by atoms with Gasteiger partial charge in [-0.2, -0.15) is 5.10 Å². The SMILES string of the molecule is CC1CCCCC1NC(=O)c1c(-c2ccccc2)c(-c2ccccc2)nn(C)c1=O. The summed E-state index contributed by atoms with van der Waals surface area (Å²) in [6.07, 6.45) is 4.34. The van der Waals surface area contributed by atoms with Crippen molar-refractivity contribution >= 4 is 5.91 Å². The molecule has 0 aliphatic heterocycles. The molecule has 1 N–H and O–H groups in total. The highest BCUT2D eigenvalue weighted by Crippen LogP contribution is 2.32. The molecule has 1 fully saturated rings. The summed E-state index contributed by atoms with van der Waals surface area (Å²) in [7, 11) is 1.60. The standard InChI is InChI=1S/C25H27N3O2/c1-17-11-9-10-16-20(17)26-24(29)22-21(18-12-5-3-6-13-18)23(27-28(2)25(22)30)19-14-7-4-8-15-19/h3-8,12-15,17,20H,9-11,16H2,1-2H3,(H,26,29). The number of hydrogen-bond acceptors (Lipinski definition) is 3. The van der Waals surface area contributed by atoms with E-state index in [4.69, 9.17) is 0 Å². The fourth-order valence-electron chi connectivity index (χ4n) is 4.30. The highest BCUT2D eigenvalue weighted by molar-refractivity contribution is 6.03. The maximum Gasteiger partial charge on any atom is 0.280 e. The van der Waals surface area contributed by atoms with Crippen molar-refractivity contribution in [2.75, 3.05) is 0 Å². The molecule has 5 nitrogen and oxygen atoms in total. The van der Waals surface area contributed by atoms with Gasteiger partial charge in [0.1, 0.15) is 5.56 Å². The normalized spacial score (nSPS) is 18.7. The van der Waals surface area contributed by atoms with E-state index < -0.39 is 0 Å². The molecule has 1 heterocycles. The lowest BCUT2D eigenvalue weighted by molar-refractivity contribution is 0.0908. The molecule has 4 rings (SSSR count). The van der Waals surface area contributed by atoms with Gasteiger partial charge in [0.15, 0.2) is 0 Å². The molecule has 1 aliphatic rings. The molecule has 1 aliphatic carbocycles. The van der Waals surface area contributed by atoms with E-state index in [0.29, 0.717) is 17.2 Å². The highest BCUT2D eigenvalue weighted by Gasteiger charge is 2.28. The molecule has 30 heavy (non-hydrogen) atoms. The molecule has 2 aromatic carbocycles. The second kappa shape index (κ2) is 8.66. The van der Waals surface area contributed by atoms with E-state index >= 15 is 0 Å². The molecule has 2 unspecified atom stereocenters. The zero-order chi connectivity index (χ0) is 21.1. The van der Waals surface area contributed by atoms with Crippen LogP contribution < -0.4 is 10.9 Å². The van der Waals surface area contributed by atoms with E-state index in [1.54, 1.807) is 7.05 Å². The fraction of sp³-hybridized carbons (Fsp3) is 0.320. The van der Waals surface area contributed by atoms with Crippen molar-refractivity contribution in [3.63, 3.8) is 0 Å². The molecule has 5 heteroatoms. The minimum atomic E-state index is -0.380. The number of aryl methyl sites for hydroxylation is 1. The number of aromatic nitrogens is 2. The van der Waals surface area contributed by atoms with Crippen LogP contribution >= 0.6 is 0 Å². The summed E-state index contributed by atoms with van der Waals surface area (Å²) >= 11 is 0. The van der Waals surface area contributed by atoms with Gasteiger partial charge in [0, 0.05) is 24.2 Å². The Morgan fingerprint density at radius 1 is 0.967 bits per heavy atom. The molecule has 0 bridgehead atoms. The van der Waals surface area contributed by atoms with E-state index in [9.17, 15) is 9.59 Å². The van der Waals surface area contributed by atoms with Crippen LogP contribution in [0.4, 0.5) is 0 Å². The summed E-state index contributed by atoms with van der Waals surface area (Å²) in [6, 6.07) is 19.4. The molecule has 0 spiro atoms. The van der Waals surface area contributed by atoms with Gasteiger partial charge in [-0.25, -0.2) is 4.68 Å². The minimum absolute atomic E-state index is 0.0907. The Hall–Kier alpha value is -3.21. The quantitative estimate of drug-likeness (QED) is 0.704. The van der Waals surface area contributed by atoms with Gasteiger partial charge in [0.05, 0.1) is 5.69 Å². The maximum absolute atomic E-state index is 13.5. The molecule has 154 valence electrons. The van der Waals surface area contributed by atoms with Crippen molar-refractivity contribution in [3.8, 4) is 22.4 Å². The molecule has 1 aromatic heterocycles. The highest BCUT2D eigenvalue weighted by atomic mass is 16.2. The first-order valence-electron chi connectivity index (χ1n) is 10.6. The fourth-order valence-corrected chi connectivity index (χ4v) is 4.30. The van der Waals surface area contributed by atoms with Crippen molar-refractivity contribution in [1.82, 2.24) is 15.1 Å². The second-order valence-corrected chi connectivity index (χ2v) is 8.10. The van der Waals surface area contributed by atoms with Crippen molar-refractivity contribution in [1.29, 1.82) is 0 Å². The predicted molar refractivity (Wildman–Crippen MR) is 119 cm³/mol. The van der Waals surface area contributed by atoms with Crippen LogP contribution in [0.25, 0.3) is 22.4 Å². The molecule has 0 radical (unpaired) electrons. The van der Waals surface area contributed by atoms with Crippen LogP contribution in [-0.4, -0.2) is 21.7 Å². The first-order valence-corrected chi connectivity index (χ1v) is 10.6. The zero-order valence-electron chi connectivity index (χ0n) is 17.5. The lowest BCUT2D eigenvalue weighted by Gasteiger charge is -2.29. The van der Waals surface area contributed by atoms with Crippen LogP contribution in [0.5, 0.6) is 0 Å². The molecule has 3 aromatic rings. The smallest absolute Gasteiger partial charge is 0.280 e. The summed E-state index contributed by atoms with van der Waals surface area (Å²) in [5, 5.41) is 7.71. The van der Waals surface area contributed by atoms with Gasteiger partial charge >= 0.3 is 0 Å². The van der Waals surface area contributed by atoms with Gasteiger partial charge in [-0.15, -0.1) is 0 Å². The first kappa shape index (κ1) is 20.1. The number of carbonyl (C=O) groups is 1. The number of hydrogen-bond donors (Lipinski definition) is 1. The van der Waals surface area contributed by atoms with E-state index in [0.717, 1.165) is 30.4 Å². The van der Waals surface area contributed by atoms with Crippen molar-refractivity contribution < 1.29 is 4.79 Å². The third kappa shape index (κ3) is 3.92. The van der Waals surface area contributed by atoms with Crippen LogP contribution in [-0.2, 0) is 7.05 Å². The number of rotatable bonds is 4. The summed E-state index contributed by atoms with van der Waals surface area (Å²) in [5.74, 6) is 0.0925. The van der Waals surface area contributed by atoms with Crippen molar-refractivity contribution in [2.45, 2.75) is 38.6 Å². The number of nitrogens with zero attached hydrogens (tertiary/aromatic N) is 2. The predicted octanol–water partition coefficient (Wildman–Crippen LogP) is 4.42.